The van der Waals surface area contributed by atoms with Crippen LogP contribution in [-0.4, -0.2) is 16.4 Å². The zero-order chi connectivity index (χ0) is 9.03. The van der Waals surface area contributed by atoms with E-state index >= 15 is 0 Å². The fourth-order valence-electron chi connectivity index (χ4n) is 1.37. The topological polar surface area (TPSA) is 66.8 Å². The molecule has 0 heterocycles. The quantitative estimate of drug-likeness (QED) is 0.666. The highest BCUT2D eigenvalue weighted by Gasteiger charge is 2.19. The van der Waals surface area contributed by atoms with Gasteiger partial charge in [-0.05, 0) is 25.2 Å². The standard InChI is InChI=1S/C7H14O4P/c8-12(9,10)11-6-7-4-2-1-3-5-7/h4,7H,1-3,5-6H2,(H2,8,9,10). The summed E-state index contributed by atoms with van der Waals surface area (Å²) in [4.78, 5) is 16.8. The van der Waals surface area contributed by atoms with Crippen LogP contribution < -0.4 is 0 Å². The Morgan fingerprint density at radius 1 is 1.50 bits per heavy atom. The molecule has 0 aliphatic heterocycles. The molecule has 0 amide bonds. The van der Waals surface area contributed by atoms with Gasteiger partial charge in [0.05, 0.1) is 6.61 Å². The van der Waals surface area contributed by atoms with Gasteiger partial charge >= 0.3 is 7.82 Å². The second kappa shape index (κ2) is 4.38. The van der Waals surface area contributed by atoms with Crippen LogP contribution in [-0.2, 0) is 9.09 Å². The van der Waals surface area contributed by atoms with Crippen molar-refractivity contribution >= 4 is 7.82 Å². The Morgan fingerprint density at radius 3 is 2.75 bits per heavy atom. The minimum absolute atomic E-state index is 0.157. The summed E-state index contributed by atoms with van der Waals surface area (Å²) in [5, 5.41) is 0. The van der Waals surface area contributed by atoms with Crippen molar-refractivity contribution in [3.63, 3.8) is 0 Å². The van der Waals surface area contributed by atoms with Crippen LogP contribution in [0.5, 0.6) is 0 Å². The van der Waals surface area contributed by atoms with Gasteiger partial charge in [0.25, 0.3) is 0 Å². The van der Waals surface area contributed by atoms with Gasteiger partial charge in [-0.2, -0.15) is 0 Å². The summed E-state index contributed by atoms with van der Waals surface area (Å²) in [6.45, 7) is 0.157. The maximum atomic E-state index is 10.3. The molecule has 2 N–H and O–H groups in total. The minimum atomic E-state index is -4.25. The number of phosphoric acid groups is 1. The van der Waals surface area contributed by atoms with Crippen LogP contribution in [0.2, 0.25) is 0 Å². The van der Waals surface area contributed by atoms with Gasteiger partial charge in [-0.3, -0.25) is 4.52 Å². The van der Waals surface area contributed by atoms with Gasteiger partial charge in [-0.1, -0.05) is 12.8 Å². The fourth-order valence-corrected chi connectivity index (χ4v) is 1.75. The molecule has 1 saturated carbocycles. The van der Waals surface area contributed by atoms with Crippen LogP contribution in [0, 0.1) is 12.3 Å². The number of phosphoric ester groups is 1. The lowest BCUT2D eigenvalue weighted by atomic mass is 9.90. The summed E-state index contributed by atoms with van der Waals surface area (Å²) in [7, 11) is -4.25. The summed E-state index contributed by atoms with van der Waals surface area (Å²) in [5.41, 5.74) is 0. The van der Waals surface area contributed by atoms with E-state index in [0.29, 0.717) is 0 Å². The molecule has 0 aromatic carbocycles. The summed E-state index contributed by atoms with van der Waals surface area (Å²) in [6, 6.07) is 0. The van der Waals surface area contributed by atoms with Crippen LogP contribution in [0.4, 0.5) is 0 Å². The molecule has 0 aromatic rings. The molecule has 0 bridgehead atoms. The smallest absolute Gasteiger partial charge is 0.303 e. The molecule has 0 spiro atoms. The predicted molar refractivity (Wildman–Crippen MR) is 44.3 cm³/mol. The molecular formula is C7H14O4P. The van der Waals surface area contributed by atoms with Crippen molar-refractivity contribution in [1.29, 1.82) is 0 Å². The molecule has 1 aliphatic carbocycles. The van der Waals surface area contributed by atoms with Crippen LogP contribution in [0.1, 0.15) is 25.7 Å². The van der Waals surface area contributed by atoms with Crippen molar-refractivity contribution in [1.82, 2.24) is 0 Å². The Balaban J connectivity index is 2.17. The van der Waals surface area contributed by atoms with Gasteiger partial charge in [0.2, 0.25) is 0 Å². The zero-order valence-electron chi connectivity index (χ0n) is 6.85. The lowest BCUT2D eigenvalue weighted by Crippen LogP contribution is -2.13. The maximum absolute atomic E-state index is 10.3. The molecule has 71 valence electrons. The molecule has 1 aliphatic rings. The third kappa shape index (κ3) is 4.21. The second-order valence-electron chi connectivity index (χ2n) is 3.07. The predicted octanol–water partition coefficient (Wildman–Crippen LogP) is 1.49. The third-order valence-electron chi connectivity index (χ3n) is 1.99. The Bertz CT molecular complexity index is 170. The van der Waals surface area contributed by atoms with E-state index in [1.807, 2.05) is 0 Å². The van der Waals surface area contributed by atoms with Crippen molar-refractivity contribution in [3.8, 4) is 0 Å². The van der Waals surface area contributed by atoms with E-state index in [1.54, 1.807) is 0 Å². The van der Waals surface area contributed by atoms with Crippen molar-refractivity contribution in [2.24, 2.45) is 5.92 Å². The van der Waals surface area contributed by atoms with Crippen LogP contribution in [0.3, 0.4) is 0 Å². The number of rotatable bonds is 3. The Morgan fingerprint density at radius 2 is 2.25 bits per heavy atom. The van der Waals surface area contributed by atoms with Gasteiger partial charge in [0.15, 0.2) is 0 Å². The summed E-state index contributed by atoms with van der Waals surface area (Å²) in [6.07, 6.45) is 6.42. The average Bonchev–Trinajstić information content (AvgIpc) is 2.02. The van der Waals surface area contributed by atoms with E-state index in [2.05, 4.69) is 10.9 Å². The normalized spacial score (nSPS) is 21.2. The molecular weight excluding hydrogens is 179 g/mol. The van der Waals surface area contributed by atoms with Gasteiger partial charge < -0.3 is 9.79 Å². The highest BCUT2D eigenvalue weighted by Crippen LogP contribution is 2.37. The molecule has 4 nitrogen and oxygen atoms in total. The molecule has 1 unspecified atom stereocenters. The average molecular weight is 193 g/mol. The zero-order valence-corrected chi connectivity index (χ0v) is 7.74. The number of hydrogen-bond donors (Lipinski definition) is 2. The molecule has 1 fully saturated rings. The number of hydrogen-bond acceptors (Lipinski definition) is 2. The van der Waals surface area contributed by atoms with Gasteiger partial charge in [0, 0.05) is 0 Å². The summed E-state index contributed by atoms with van der Waals surface area (Å²) in [5.74, 6) is 0.228. The first-order valence-corrected chi connectivity index (χ1v) is 5.64. The Kier molecular flexibility index (Phi) is 3.72. The first-order chi connectivity index (χ1) is 5.58. The maximum Gasteiger partial charge on any atom is 0.469 e. The first kappa shape index (κ1) is 10.2. The molecule has 1 radical (unpaired) electrons. The van der Waals surface area contributed by atoms with Crippen molar-refractivity contribution < 1.29 is 18.9 Å². The molecule has 0 saturated heterocycles. The van der Waals surface area contributed by atoms with Crippen LogP contribution in [0.15, 0.2) is 0 Å². The highest BCUT2D eigenvalue weighted by atomic mass is 31.2. The van der Waals surface area contributed by atoms with E-state index in [9.17, 15) is 4.57 Å². The van der Waals surface area contributed by atoms with Crippen LogP contribution >= 0.6 is 7.82 Å². The third-order valence-corrected chi connectivity index (χ3v) is 2.47. The van der Waals surface area contributed by atoms with Crippen molar-refractivity contribution in [2.45, 2.75) is 25.7 Å². The van der Waals surface area contributed by atoms with E-state index in [-0.39, 0.29) is 12.5 Å². The molecule has 12 heavy (non-hydrogen) atoms. The Labute approximate surface area is 72.2 Å². The van der Waals surface area contributed by atoms with E-state index in [4.69, 9.17) is 9.79 Å². The SMILES string of the molecule is O=P(O)(O)OCC1[CH]CCCC1. The van der Waals surface area contributed by atoms with E-state index in [0.717, 1.165) is 19.3 Å². The van der Waals surface area contributed by atoms with Crippen molar-refractivity contribution in [3.05, 3.63) is 6.42 Å². The molecule has 1 atom stereocenters. The lowest BCUT2D eigenvalue weighted by molar-refractivity contribution is 0.167. The molecule has 1 rings (SSSR count). The lowest BCUT2D eigenvalue weighted by Gasteiger charge is -2.20. The van der Waals surface area contributed by atoms with Gasteiger partial charge in [0.1, 0.15) is 0 Å². The molecule has 0 aromatic heterocycles. The summed E-state index contributed by atoms with van der Waals surface area (Å²) >= 11 is 0. The largest absolute Gasteiger partial charge is 0.469 e. The van der Waals surface area contributed by atoms with E-state index in [1.165, 1.54) is 6.42 Å². The van der Waals surface area contributed by atoms with Crippen molar-refractivity contribution in [2.75, 3.05) is 6.61 Å². The second-order valence-corrected chi connectivity index (χ2v) is 4.31. The van der Waals surface area contributed by atoms with Gasteiger partial charge in [-0.15, -0.1) is 0 Å². The minimum Gasteiger partial charge on any atom is -0.303 e. The highest BCUT2D eigenvalue weighted by molar-refractivity contribution is 7.46. The Hall–Kier alpha value is 0.110. The van der Waals surface area contributed by atoms with E-state index < -0.39 is 7.82 Å². The fraction of sp³-hybridized carbons (Fsp3) is 0.857. The molecule has 5 heteroatoms. The monoisotopic (exact) mass is 193 g/mol. The summed E-state index contributed by atoms with van der Waals surface area (Å²) < 4.78 is 14.7. The first-order valence-electron chi connectivity index (χ1n) is 4.11. The van der Waals surface area contributed by atoms with Gasteiger partial charge in [-0.25, -0.2) is 4.57 Å². The van der Waals surface area contributed by atoms with Crippen LogP contribution in [0.25, 0.3) is 0 Å².